The number of rotatable bonds is 12. The molecule has 7 rings (SSSR count). The molecule has 0 spiro atoms. The molecular formula is C39H24F12N3O6P3. The lowest BCUT2D eigenvalue weighted by Crippen LogP contribution is -2.13. The van der Waals surface area contributed by atoms with E-state index in [-0.39, 0.29) is 0 Å². The average Bonchev–Trinajstić information content (AvgIpc) is 3.20. The lowest BCUT2D eigenvalue weighted by atomic mass is 10.2. The van der Waals surface area contributed by atoms with Gasteiger partial charge in [0.1, 0.15) is 17.2 Å². The molecule has 63 heavy (non-hydrogen) atoms. The monoisotopic (exact) mass is 951 g/mol. The van der Waals surface area contributed by atoms with E-state index >= 15 is 13.2 Å². The molecule has 0 fully saturated rings. The maximum absolute atomic E-state index is 15.6. The third-order valence-electron chi connectivity index (χ3n) is 8.00. The average molecular weight is 952 g/mol. The van der Waals surface area contributed by atoms with Gasteiger partial charge in [-0.3, -0.25) is 0 Å². The van der Waals surface area contributed by atoms with Crippen molar-refractivity contribution in [2.24, 2.45) is 13.5 Å². The summed E-state index contributed by atoms with van der Waals surface area (Å²) in [5.74, 6) is -8.41. The fourth-order valence-electron chi connectivity index (χ4n) is 5.30. The van der Waals surface area contributed by atoms with Crippen LogP contribution in [0.4, 0.5) is 52.7 Å². The van der Waals surface area contributed by atoms with Gasteiger partial charge in [0.2, 0.25) is 0 Å². The van der Waals surface area contributed by atoms with Crippen molar-refractivity contribution in [2.45, 2.75) is 18.5 Å². The minimum absolute atomic E-state index is 0.398. The predicted octanol–water partition coefficient (Wildman–Crippen LogP) is 15.8. The molecule has 1 aliphatic rings. The van der Waals surface area contributed by atoms with Gasteiger partial charge in [0.15, 0.2) is 34.7 Å². The molecule has 1 heterocycles. The van der Waals surface area contributed by atoms with Gasteiger partial charge in [0.05, 0.1) is 16.7 Å². The van der Waals surface area contributed by atoms with Gasteiger partial charge in [-0.2, -0.15) is 39.5 Å². The summed E-state index contributed by atoms with van der Waals surface area (Å²) in [6.45, 7) is 0. The molecule has 0 aromatic heterocycles. The Hall–Kier alpha value is -6.03. The second-order valence-corrected chi connectivity index (χ2v) is 18.8. The number of alkyl halides is 9. The molecule has 9 nitrogen and oxygen atoms in total. The van der Waals surface area contributed by atoms with Crippen LogP contribution in [0.25, 0.3) is 0 Å². The maximum Gasteiger partial charge on any atom is 0.461 e. The first kappa shape index (κ1) is 45.0. The van der Waals surface area contributed by atoms with E-state index in [1.807, 2.05) is 0 Å². The van der Waals surface area contributed by atoms with Gasteiger partial charge in [-0.1, -0.05) is 68.1 Å². The van der Waals surface area contributed by atoms with Crippen molar-refractivity contribution in [3.8, 4) is 34.5 Å². The molecule has 1 aliphatic heterocycles. The van der Waals surface area contributed by atoms with Crippen LogP contribution >= 0.6 is 23.0 Å². The van der Waals surface area contributed by atoms with Crippen molar-refractivity contribution < 1.29 is 79.8 Å². The minimum Gasteiger partial charge on any atom is -0.413 e. The molecule has 0 bridgehead atoms. The van der Waals surface area contributed by atoms with E-state index in [0.717, 1.165) is 72.8 Å². The highest BCUT2D eigenvalue weighted by molar-refractivity contribution is 7.79. The zero-order chi connectivity index (χ0) is 45.3. The molecule has 0 aliphatic carbocycles. The topological polar surface area (TPSA) is 92.5 Å². The molecule has 6 aromatic rings. The number of para-hydroxylation sites is 3. The molecule has 1 atom stereocenters. The smallest absolute Gasteiger partial charge is 0.413 e. The first-order valence-corrected chi connectivity index (χ1v) is 22.1. The maximum atomic E-state index is 15.6. The zero-order valence-electron chi connectivity index (χ0n) is 31.0. The highest BCUT2D eigenvalue weighted by Gasteiger charge is 2.50. The van der Waals surface area contributed by atoms with Gasteiger partial charge in [0.25, 0.3) is 0 Å². The first-order chi connectivity index (χ1) is 29.6. The van der Waals surface area contributed by atoms with Crippen LogP contribution in [0.5, 0.6) is 34.5 Å². The van der Waals surface area contributed by atoms with E-state index in [0.29, 0.717) is 36.4 Å². The molecule has 0 saturated heterocycles. The molecule has 0 saturated carbocycles. The van der Waals surface area contributed by atoms with Crippen LogP contribution in [0.2, 0.25) is 0 Å². The van der Waals surface area contributed by atoms with E-state index in [9.17, 15) is 39.5 Å². The Labute approximate surface area is 348 Å². The lowest BCUT2D eigenvalue weighted by molar-refractivity contribution is -0.138. The van der Waals surface area contributed by atoms with Crippen LogP contribution in [-0.2, 0) is 18.5 Å². The standard InChI is InChI=1S/C39H24F12N3O6P3/c40-31-16-1-4-19-34(31)58-62(57-30-15-9-12-27(24-30)39(49,50)51)52-61(55-28-13-7-10-25(22-28)37(43,44)45,56-29-14-8-11-26(23-29)38(46,47)48)53-63(54-62,59-35-20-5-2-17-32(35)41)60-36-21-6-3-18-33(36)42/h1-24H. The van der Waals surface area contributed by atoms with Gasteiger partial charge >= 0.3 is 41.5 Å². The fourth-order valence-corrected chi connectivity index (χ4v) is 14.4. The number of halogens is 12. The molecule has 0 N–H and O–H groups in total. The van der Waals surface area contributed by atoms with E-state index in [4.69, 9.17) is 27.1 Å². The van der Waals surface area contributed by atoms with E-state index in [1.54, 1.807) is 0 Å². The van der Waals surface area contributed by atoms with Gasteiger partial charge in [0, 0.05) is 0 Å². The number of nitrogens with zero attached hydrogens (tertiary/aromatic N) is 3. The Kier molecular flexibility index (Phi) is 12.3. The summed E-state index contributed by atoms with van der Waals surface area (Å²) in [6.07, 6.45) is -15.1. The summed E-state index contributed by atoms with van der Waals surface area (Å²) < 4.78 is 223. The summed E-state index contributed by atoms with van der Waals surface area (Å²) in [4.78, 5) is 0. The third kappa shape index (κ3) is 10.8. The summed E-state index contributed by atoms with van der Waals surface area (Å²) >= 11 is 0. The minimum atomic E-state index is -5.43. The summed E-state index contributed by atoms with van der Waals surface area (Å²) in [6, 6.07) is 21.1. The first-order valence-electron chi connectivity index (χ1n) is 17.5. The molecule has 6 aromatic carbocycles. The highest BCUT2D eigenvalue weighted by Crippen LogP contribution is 2.79. The van der Waals surface area contributed by atoms with Crippen molar-refractivity contribution >= 4 is 23.0 Å². The largest absolute Gasteiger partial charge is 0.461 e. The fraction of sp³-hybridized carbons (Fsp3) is 0.0769. The summed E-state index contributed by atoms with van der Waals surface area (Å²) in [5.41, 5.74) is -4.04. The Bertz CT molecular complexity index is 2720. The lowest BCUT2D eigenvalue weighted by Gasteiger charge is -2.33. The molecule has 330 valence electrons. The van der Waals surface area contributed by atoms with Gasteiger partial charge in [-0.15, -0.1) is 0 Å². The SMILES string of the molecule is Fc1ccccc1OP1(Oc2cccc(C(F)(F)F)c2)=NP(Oc2cccc(C(F)(F)F)c2)(Oc2cccc(C(F)(F)F)c2)=NP(Oc2ccccc2F)(Oc2ccccc2F)=N1. The second-order valence-electron chi connectivity index (χ2n) is 12.7. The van der Waals surface area contributed by atoms with Crippen molar-refractivity contribution in [1.82, 2.24) is 0 Å². The number of benzene rings is 6. The van der Waals surface area contributed by atoms with Gasteiger partial charge in [-0.25, -0.2) is 13.2 Å². The summed E-state index contributed by atoms with van der Waals surface area (Å²) in [5, 5.41) is 0. The Morgan fingerprint density at radius 3 is 0.841 bits per heavy atom. The molecule has 1 unspecified atom stereocenters. The van der Waals surface area contributed by atoms with E-state index < -0.39 is 110 Å². The van der Waals surface area contributed by atoms with Crippen LogP contribution in [0.1, 0.15) is 16.7 Å². The van der Waals surface area contributed by atoms with Crippen molar-refractivity contribution in [1.29, 1.82) is 0 Å². The number of hydrogen-bond acceptors (Lipinski definition) is 9. The second kappa shape index (κ2) is 17.3. The quantitative estimate of drug-likeness (QED) is 0.0896. The Morgan fingerprint density at radius 1 is 0.317 bits per heavy atom. The highest BCUT2D eigenvalue weighted by atomic mass is 31.3. The van der Waals surface area contributed by atoms with Gasteiger partial charge < -0.3 is 27.1 Å². The summed E-state index contributed by atoms with van der Waals surface area (Å²) in [7, 11) is -16.2. The van der Waals surface area contributed by atoms with Gasteiger partial charge in [-0.05, 0) is 91.0 Å². The van der Waals surface area contributed by atoms with Crippen LogP contribution < -0.4 is 27.1 Å². The van der Waals surface area contributed by atoms with Crippen molar-refractivity contribution in [3.05, 3.63) is 180 Å². The molecule has 0 amide bonds. The molecule has 0 radical (unpaired) electrons. The van der Waals surface area contributed by atoms with Crippen molar-refractivity contribution in [2.75, 3.05) is 0 Å². The van der Waals surface area contributed by atoms with Crippen LogP contribution in [0.3, 0.4) is 0 Å². The van der Waals surface area contributed by atoms with Crippen molar-refractivity contribution in [3.63, 3.8) is 0 Å². The molecule has 24 heteroatoms. The third-order valence-corrected chi connectivity index (χ3v) is 16.1. The predicted molar refractivity (Wildman–Crippen MR) is 205 cm³/mol. The molecular weight excluding hydrogens is 927 g/mol. The normalized spacial score (nSPS) is 17.0. The van der Waals surface area contributed by atoms with Crippen LogP contribution in [0, 0.1) is 17.5 Å². The number of hydrogen-bond donors (Lipinski definition) is 0. The van der Waals surface area contributed by atoms with E-state index in [2.05, 4.69) is 13.5 Å². The zero-order valence-corrected chi connectivity index (χ0v) is 33.7. The van der Waals surface area contributed by atoms with Crippen LogP contribution in [0.15, 0.2) is 159 Å². The Balaban J connectivity index is 1.64. The van der Waals surface area contributed by atoms with E-state index in [1.165, 1.54) is 36.4 Å². The Morgan fingerprint density at radius 2 is 0.571 bits per heavy atom. The van der Waals surface area contributed by atoms with Crippen LogP contribution in [-0.4, -0.2) is 0 Å².